The quantitative estimate of drug-likeness (QED) is 0.835. The van der Waals surface area contributed by atoms with Crippen molar-refractivity contribution in [3.8, 4) is 0 Å². The number of alkyl halides is 3. The Hall–Kier alpha value is -1.79. The van der Waals surface area contributed by atoms with Gasteiger partial charge in [0.2, 0.25) is 0 Å². The van der Waals surface area contributed by atoms with E-state index in [-0.39, 0.29) is 17.7 Å². The predicted molar refractivity (Wildman–Crippen MR) is 87.8 cm³/mol. The number of nitrogens with one attached hydrogen (secondary N) is 1. The molecule has 1 unspecified atom stereocenters. The lowest BCUT2D eigenvalue weighted by Crippen LogP contribution is -2.43. The fraction of sp³-hybridized carbons (Fsp3) is 0.667. The molecule has 0 bridgehead atoms. The van der Waals surface area contributed by atoms with Gasteiger partial charge in [-0.05, 0) is 42.7 Å². The van der Waals surface area contributed by atoms with Crippen molar-refractivity contribution in [3.05, 3.63) is 30.1 Å². The van der Waals surface area contributed by atoms with E-state index in [0.29, 0.717) is 18.3 Å². The van der Waals surface area contributed by atoms with Crippen molar-refractivity contribution in [1.29, 1.82) is 0 Å². The SMILES string of the molecule is CC1CC[C@@H](C(C)C)[C@H](OC(=O)N[C@H](c2ccccn2)C(F)(F)F)C1. The summed E-state index contributed by atoms with van der Waals surface area (Å²) in [5.41, 5.74) is -0.260. The van der Waals surface area contributed by atoms with Gasteiger partial charge in [-0.2, -0.15) is 13.2 Å². The summed E-state index contributed by atoms with van der Waals surface area (Å²) in [4.78, 5) is 15.9. The molecular formula is C18H25F3N2O2. The third-order valence-electron chi connectivity index (χ3n) is 4.79. The Morgan fingerprint density at radius 1 is 1.32 bits per heavy atom. The van der Waals surface area contributed by atoms with Gasteiger partial charge in [-0.15, -0.1) is 0 Å². The van der Waals surface area contributed by atoms with Crippen LogP contribution in [0.25, 0.3) is 0 Å². The van der Waals surface area contributed by atoms with E-state index in [0.717, 1.165) is 12.8 Å². The van der Waals surface area contributed by atoms with Crippen LogP contribution in [-0.4, -0.2) is 23.4 Å². The van der Waals surface area contributed by atoms with Crippen molar-refractivity contribution in [2.24, 2.45) is 17.8 Å². The van der Waals surface area contributed by atoms with Crippen LogP contribution < -0.4 is 5.32 Å². The highest BCUT2D eigenvalue weighted by Crippen LogP contribution is 2.36. The summed E-state index contributed by atoms with van der Waals surface area (Å²) in [5.74, 6) is 0.864. The minimum Gasteiger partial charge on any atom is -0.446 e. The fourth-order valence-corrected chi connectivity index (χ4v) is 3.41. The maximum Gasteiger partial charge on any atom is 0.414 e. The summed E-state index contributed by atoms with van der Waals surface area (Å²) in [6.45, 7) is 6.15. The van der Waals surface area contributed by atoms with Crippen LogP contribution in [0.1, 0.15) is 51.8 Å². The summed E-state index contributed by atoms with van der Waals surface area (Å²) in [6, 6.07) is 2.02. The number of ether oxygens (including phenoxy) is 1. The number of carbonyl (C=O) groups is 1. The molecule has 1 heterocycles. The largest absolute Gasteiger partial charge is 0.446 e. The van der Waals surface area contributed by atoms with Gasteiger partial charge in [-0.1, -0.05) is 33.3 Å². The van der Waals surface area contributed by atoms with Gasteiger partial charge in [0, 0.05) is 6.20 Å². The lowest BCUT2D eigenvalue weighted by Gasteiger charge is -2.37. The third kappa shape index (κ3) is 5.34. The first-order valence-corrected chi connectivity index (χ1v) is 8.63. The Labute approximate surface area is 146 Å². The number of halogens is 3. The van der Waals surface area contributed by atoms with Gasteiger partial charge in [-0.3, -0.25) is 4.98 Å². The van der Waals surface area contributed by atoms with Crippen LogP contribution in [0.5, 0.6) is 0 Å². The zero-order valence-electron chi connectivity index (χ0n) is 14.7. The molecule has 1 amide bonds. The summed E-state index contributed by atoms with van der Waals surface area (Å²) >= 11 is 0. The second-order valence-electron chi connectivity index (χ2n) is 7.14. The molecule has 1 aliphatic rings. The highest BCUT2D eigenvalue weighted by Gasteiger charge is 2.44. The summed E-state index contributed by atoms with van der Waals surface area (Å²) in [5, 5.41) is 1.95. The van der Waals surface area contributed by atoms with Crippen molar-refractivity contribution in [1.82, 2.24) is 10.3 Å². The monoisotopic (exact) mass is 358 g/mol. The smallest absolute Gasteiger partial charge is 0.414 e. The van der Waals surface area contributed by atoms with Crippen molar-refractivity contribution in [3.63, 3.8) is 0 Å². The zero-order chi connectivity index (χ0) is 18.6. The van der Waals surface area contributed by atoms with Crippen LogP contribution in [0.4, 0.5) is 18.0 Å². The van der Waals surface area contributed by atoms with Crippen molar-refractivity contribution in [2.45, 2.75) is 58.4 Å². The molecule has 1 N–H and O–H groups in total. The van der Waals surface area contributed by atoms with E-state index in [2.05, 4.69) is 11.9 Å². The fourth-order valence-electron chi connectivity index (χ4n) is 3.41. The van der Waals surface area contributed by atoms with Crippen molar-refractivity contribution >= 4 is 6.09 Å². The Kier molecular flexibility index (Phi) is 6.30. The number of hydrogen-bond acceptors (Lipinski definition) is 3. The molecule has 0 aromatic carbocycles. The van der Waals surface area contributed by atoms with Crippen LogP contribution in [0.2, 0.25) is 0 Å². The summed E-state index contributed by atoms with van der Waals surface area (Å²) < 4.78 is 45.3. The maximum absolute atomic E-state index is 13.3. The van der Waals surface area contributed by atoms with Gasteiger partial charge in [0.25, 0.3) is 0 Å². The number of nitrogens with zero attached hydrogens (tertiary/aromatic N) is 1. The first-order chi connectivity index (χ1) is 11.7. The van der Waals surface area contributed by atoms with Crippen LogP contribution in [0, 0.1) is 17.8 Å². The van der Waals surface area contributed by atoms with Gasteiger partial charge in [0.05, 0.1) is 5.69 Å². The number of rotatable bonds is 4. The van der Waals surface area contributed by atoms with Gasteiger partial charge < -0.3 is 10.1 Å². The minimum absolute atomic E-state index is 0.168. The molecule has 0 spiro atoms. The molecular weight excluding hydrogens is 333 g/mol. The summed E-state index contributed by atoms with van der Waals surface area (Å²) in [7, 11) is 0. The molecule has 0 radical (unpaired) electrons. The van der Waals surface area contributed by atoms with E-state index in [1.54, 1.807) is 0 Å². The third-order valence-corrected chi connectivity index (χ3v) is 4.79. The van der Waals surface area contributed by atoms with E-state index in [4.69, 9.17) is 4.74 Å². The van der Waals surface area contributed by atoms with E-state index >= 15 is 0 Å². The van der Waals surface area contributed by atoms with E-state index < -0.39 is 18.3 Å². The molecule has 0 aliphatic heterocycles. The molecule has 4 atom stereocenters. The number of hydrogen-bond donors (Lipinski definition) is 1. The topological polar surface area (TPSA) is 51.2 Å². The van der Waals surface area contributed by atoms with Crippen LogP contribution in [0.3, 0.4) is 0 Å². The minimum atomic E-state index is -4.65. The standard InChI is InChI=1S/C18H25F3N2O2/c1-11(2)13-8-7-12(3)10-15(13)25-17(24)23-16(18(19,20)21)14-6-4-5-9-22-14/h4-6,9,11-13,15-16H,7-8,10H2,1-3H3,(H,23,24)/t12?,13-,15+,16+/m0/s1. The van der Waals surface area contributed by atoms with Gasteiger partial charge in [0.15, 0.2) is 6.04 Å². The van der Waals surface area contributed by atoms with Gasteiger partial charge >= 0.3 is 12.3 Å². The van der Waals surface area contributed by atoms with E-state index in [1.165, 1.54) is 24.4 Å². The number of carbonyl (C=O) groups excluding carboxylic acids is 1. The average molecular weight is 358 g/mol. The average Bonchev–Trinajstić information content (AvgIpc) is 2.52. The molecule has 1 aromatic heterocycles. The first-order valence-electron chi connectivity index (χ1n) is 8.63. The second kappa shape index (κ2) is 8.06. The van der Waals surface area contributed by atoms with Gasteiger partial charge in [-0.25, -0.2) is 4.79 Å². The molecule has 1 aliphatic carbocycles. The molecule has 1 aromatic rings. The van der Waals surface area contributed by atoms with Crippen molar-refractivity contribution in [2.75, 3.05) is 0 Å². The molecule has 4 nitrogen and oxygen atoms in total. The van der Waals surface area contributed by atoms with E-state index in [9.17, 15) is 18.0 Å². The number of amides is 1. The Morgan fingerprint density at radius 3 is 2.60 bits per heavy atom. The molecule has 25 heavy (non-hydrogen) atoms. The molecule has 7 heteroatoms. The highest BCUT2D eigenvalue weighted by molar-refractivity contribution is 5.68. The zero-order valence-corrected chi connectivity index (χ0v) is 14.7. The number of alkyl carbamates (subject to hydrolysis) is 1. The Balaban J connectivity index is 2.08. The second-order valence-corrected chi connectivity index (χ2v) is 7.14. The first kappa shape index (κ1) is 19.5. The number of aromatic nitrogens is 1. The maximum atomic E-state index is 13.3. The molecule has 0 saturated heterocycles. The molecule has 1 saturated carbocycles. The van der Waals surface area contributed by atoms with Crippen LogP contribution in [-0.2, 0) is 4.74 Å². The molecule has 140 valence electrons. The lowest BCUT2D eigenvalue weighted by atomic mass is 9.75. The van der Waals surface area contributed by atoms with Gasteiger partial charge in [0.1, 0.15) is 6.10 Å². The van der Waals surface area contributed by atoms with Crippen LogP contribution in [0.15, 0.2) is 24.4 Å². The predicted octanol–water partition coefficient (Wildman–Crippen LogP) is 4.87. The van der Waals surface area contributed by atoms with E-state index in [1.807, 2.05) is 19.2 Å². The Bertz CT molecular complexity index is 563. The highest BCUT2D eigenvalue weighted by atomic mass is 19.4. The number of pyridine rings is 1. The lowest BCUT2D eigenvalue weighted by molar-refractivity contribution is -0.157. The molecule has 2 rings (SSSR count). The molecule has 1 fully saturated rings. The van der Waals surface area contributed by atoms with Crippen LogP contribution >= 0.6 is 0 Å². The summed E-state index contributed by atoms with van der Waals surface area (Å²) in [6.07, 6.45) is -2.15. The van der Waals surface area contributed by atoms with Crippen molar-refractivity contribution < 1.29 is 22.7 Å². The Morgan fingerprint density at radius 2 is 2.04 bits per heavy atom. The normalized spacial score (nSPS) is 25.5.